The van der Waals surface area contributed by atoms with Gasteiger partial charge in [0, 0.05) is 17.2 Å². The third-order valence-corrected chi connectivity index (χ3v) is 4.09. The Labute approximate surface area is 127 Å². The van der Waals surface area contributed by atoms with Crippen LogP contribution in [-0.4, -0.2) is 27.1 Å². The van der Waals surface area contributed by atoms with Crippen molar-refractivity contribution >= 4 is 27.8 Å². The standard InChI is InChI=1S/C14H21BrN2O3/c1-4-14(5-2,8-12(18)19)16-13(20)11-7-10(15)9-17(11)6-3/h7,9H,4-6,8H2,1-3H3,(H,16,20)(H,18,19). The summed E-state index contributed by atoms with van der Waals surface area (Å²) in [7, 11) is 0. The zero-order valence-corrected chi connectivity index (χ0v) is 13.7. The number of halogens is 1. The number of carbonyl (C=O) groups is 2. The molecule has 0 fully saturated rings. The van der Waals surface area contributed by atoms with Crippen LogP contribution in [0, 0.1) is 0 Å². The van der Waals surface area contributed by atoms with E-state index in [1.165, 1.54) is 0 Å². The number of nitrogens with one attached hydrogen (secondary N) is 1. The molecule has 1 aromatic rings. The lowest BCUT2D eigenvalue weighted by molar-refractivity contribution is -0.138. The monoisotopic (exact) mass is 344 g/mol. The third kappa shape index (κ3) is 3.85. The highest BCUT2D eigenvalue weighted by Crippen LogP contribution is 2.22. The second-order valence-electron chi connectivity index (χ2n) is 4.84. The van der Waals surface area contributed by atoms with Crippen molar-refractivity contribution in [3.63, 3.8) is 0 Å². The Morgan fingerprint density at radius 1 is 1.35 bits per heavy atom. The van der Waals surface area contributed by atoms with Crippen LogP contribution in [0.2, 0.25) is 0 Å². The van der Waals surface area contributed by atoms with Gasteiger partial charge >= 0.3 is 5.97 Å². The van der Waals surface area contributed by atoms with Gasteiger partial charge < -0.3 is 15.0 Å². The van der Waals surface area contributed by atoms with Crippen LogP contribution in [0.4, 0.5) is 0 Å². The molecule has 0 saturated carbocycles. The van der Waals surface area contributed by atoms with Crippen molar-refractivity contribution in [3.8, 4) is 0 Å². The lowest BCUT2D eigenvalue weighted by atomic mass is 9.89. The summed E-state index contributed by atoms with van der Waals surface area (Å²) in [6, 6.07) is 1.75. The molecule has 1 rings (SSSR count). The number of nitrogens with zero attached hydrogens (tertiary/aromatic N) is 1. The van der Waals surface area contributed by atoms with E-state index in [-0.39, 0.29) is 12.3 Å². The highest BCUT2D eigenvalue weighted by atomic mass is 79.9. The molecule has 0 bridgehead atoms. The first-order chi connectivity index (χ1) is 9.37. The average molecular weight is 345 g/mol. The summed E-state index contributed by atoms with van der Waals surface area (Å²) in [5.74, 6) is -1.14. The first kappa shape index (κ1) is 16.8. The van der Waals surface area contributed by atoms with Crippen molar-refractivity contribution in [2.24, 2.45) is 0 Å². The zero-order chi connectivity index (χ0) is 15.3. The van der Waals surface area contributed by atoms with Crippen molar-refractivity contribution in [1.29, 1.82) is 0 Å². The molecule has 0 unspecified atom stereocenters. The molecule has 1 heterocycles. The number of aliphatic carboxylic acids is 1. The van der Waals surface area contributed by atoms with Crippen LogP contribution in [0.5, 0.6) is 0 Å². The molecule has 0 spiro atoms. The molecule has 112 valence electrons. The summed E-state index contributed by atoms with van der Waals surface area (Å²) in [4.78, 5) is 23.4. The molecule has 20 heavy (non-hydrogen) atoms. The summed E-state index contributed by atoms with van der Waals surface area (Å²) in [5, 5.41) is 11.9. The fourth-order valence-corrected chi connectivity index (χ4v) is 2.71. The van der Waals surface area contributed by atoms with Crippen LogP contribution in [0.15, 0.2) is 16.7 Å². The Kier molecular flexibility index (Phi) is 5.80. The van der Waals surface area contributed by atoms with Crippen LogP contribution >= 0.6 is 15.9 Å². The molecule has 6 heteroatoms. The highest BCUT2D eigenvalue weighted by molar-refractivity contribution is 9.10. The predicted octanol–water partition coefficient (Wildman–Crippen LogP) is 3.03. The van der Waals surface area contributed by atoms with Gasteiger partial charge in [0.25, 0.3) is 5.91 Å². The minimum atomic E-state index is -0.902. The van der Waals surface area contributed by atoms with Crippen LogP contribution in [0.1, 0.15) is 50.5 Å². The van der Waals surface area contributed by atoms with E-state index < -0.39 is 11.5 Å². The van der Waals surface area contributed by atoms with Gasteiger partial charge in [-0.05, 0) is 41.8 Å². The highest BCUT2D eigenvalue weighted by Gasteiger charge is 2.32. The van der Waals surface area contributed by atoms with Gasteiger partial charge in [-0.3, -0.25) is 9.59 Å². The van der Waals surface area contributed by atoms with E-state index in [2.05, 4.69) is 21.2 Å². The molecule has 0 aliphatic rings. The Balaban J connectivity index is 2.98. The number of rotatable bonds is 7. The average Bonchev–Trinajstić information content (AvgIpc) is 2.78. The fraction of sp³-hybridized carbons (Fsp3) is 0.571. The molecular weight excluding hydrogens is 324 g/mol. The zero-order valence-electron chi connectivity index (χ0n) is 12.1. The lowest BCUT2D eigenvalue weighted by Gasteiger charge is -2.31. The van der Waals surface area contributed by atoms with Crippen LogP contribution < -0.4 is 5.32 Å². The van der Waals surface area contributed by atoms with Crippen molar-refractivity contribution in [2.75, 3.05) is 0 Å². The Bertz CT molecular complexity index is 493. The SMILES string of the molecule is CCn1cc(Br)cc1C(=O)NC(CC)(CC)CC(=O)O. The number of hydrogen-bond acceptors (Lipinski definition) is 2. The van der Waals surface area contributed by atoms with Crippen molar-refractivity contribution in [2.45, 2.75) is 52.1 Å². The number of aryl methyl sites for hydroxylation is 1. The van der Waals surface area contributed by atoms with Gasteiger partial charge in [0.15, 0.2) is 0 Å². The minimum Gasteiger partial charge on any atom is -0.481 e. The predicted molar refractivity (Wildman–Crippen MR) is 80.8 cm³/mol. The van der Waals surface area contributed by atoms with E-state index in [0.717, 1.165) is 4.47 Å². The van der Waals surface area contributed by atoms with E-state index in [4.69, 9.17) is 5.11 Å². The smallest absolute Gasteiger partial charge is 0.305 e. The summed E-state index contributed by atoms with van der Waals surface area (Å²) in [6.07, 6.45) is 2.93. The third-order valence-electron chi connectivity index (χ3n) is 3.66. The quantitative estimate of drug-likeness (QED) is 0.798. The molecule has 2 N–H and O–H groups in total. The Hall–Kier alpha value is -1.30. The first-order valence-corrected chi connectivity index (χ1v) is 7.56. The van der Waals surface area contributed by atoms with Gasteiger partial charge in [0.1, 0.15) is 5.69 Å². The molecule has 1 amide bonds. The summed E-state index contributed by atoms with van der Waals surface area (Å²) < 4.78 is 2.66. The Morgan fingerprint density at radius 2 is 1.95 bits per heavy atom. The maximum absolute atomic E-state index is 12.4. The maximum Gasteiger partial charge on any atom is 0.305 e. The Morgan fingerprint density at radius 3 is 2.40 bits per heavy atom. The van der Waals surface area contributed by atoms with E-state index in [1.54, 1.807) is 6.07 Å². The molecule has 0 atom stereocenters. The van der Waals surface area contributed by atoms with Gasteiger partial charge in [-0.25, -0.2) is 0 Å². The molecule has 0 aliphatic carbocycles. The van der Waals surface area contributed by atoms with Gasteiger partial charge in [-0.2, -0.15) is 0 Å². The topological polar surface area (TPSA) is 71.3 Å². The lowest BCUT2D eigenvalue weighted by Crippen LogP contribution is -2.49. The largest absolute Gasteiger partial charge is 0.481 e. The number of carboxylic acid groups (broad SMARTS) is 1. The van der Waals surface area contributed by atoms with E-state index in [9.17, 15) is 9.59 Å². The first-order valence-electron chi connectivity index (χ1n) is 6.77. The van der Waals surface area contributed by atoms with E-state index in [1.807, 2.05) is 31.5 Å². The van der Waals surface area contributed by atoms with Crippen molar-refractivity contribution in [1.82, 2.24) is 9.88 Å². The molecule has 0 aromatic carbocycles. The summed E-state index contributed by atoms with van der Waals surface area (Å²) >= 11 is 3.35. The van der Waals surface area contributed by atoms with Crippen LogP contribution in [0.3, 0.4) is 0 Å². The second-order valence-corrected chi connectivity index (χ2v) is 5.76. The van der Waals surface area contributed by atoms with Crippen molar-refractivity contribution in [3.05, 3.63) is 22.4 Å². The summed E-state index contributed by atoms with van der Waals surface area (Å²) in [6.45, 7) is 6.41. The molecule has 1 aromatic heterocycles. The van der Waals surface area contributed by atoms with Gasteiger partial charge in [-0.15, -0.1) is 0 Å². The maximum atomic E-state index is 12.4. The number of carboxylic acids is 1. The minimum absolute atomic E-state index is 0.0697. The number of hydrogen-bond donors (Lipinski definition) is 2. The number of aromatic nitrogens is 1. The van der Waals surface area contributed by atoms with E-state index >= 15 is 0 Å². The normalized spacial score (nSPS) is 11.4. The molecule has 0 aliphatic heterocycles. The van der Waals surface area contributed by atoms with Gasteiger partial charge in [0.05, 0.1) is 12.0 Å². The fourth-order valence-electron chi connectivity index (χ4n) is 2.24. The molecule has 0 radical (unpaired) electrons. The summed E-state index contributed by atoms with van der Waals surface area (Å²) in [5.41, 5.74) is -0.158. The van der Waals surface area contributed by atoms with Crippen LogP contribution in [-0.2, 0) is 11.3 Å². The van der Waals surface area contributed by atoms with Gasteiger partial charge in [0.2, 0.25) is 0 Å². The van der Waals surface area contributed by atoms with E-state index in [0.29, 0.717) is 25.1 Å². The molecule has 5 nitrogen and oxygen atoms in total. The van der Waals surface area contributed by atoms with Gasteiger partial charge in [-0.1, -0.05) is 13.8 Å². The molecular formula is C14H21BrN2O3. The van der Waals surface area contributed by atoms with Crippen molar-refractivity contribution < 1.29 is 14.7 Å². The van der Waals surface area contributed by atoms with Crippen LogP contribution in [0.25, 0.3) is 0 Å². The number of amides is 1. The number of carbonyl (C=O) groups excluding carboxylic acids is 1. The second kappa shape index (κ2) is 6.92. The molecule has 0 saturated heterocycles.